The highest BCUT2D eigenvalue weighted by molar-refractivity contribution is 6.31. The highest BCUT2D eigenvalue weighted by Crippen LogP contribution is 2.19. The van der Waals surface area contributed by atoms with Gasteiger partial charge in [0.05, 0.1) is 6.61 Å². The minimum Gasteiger partial charge on any atom is -0.395 e. The summed E-state index contributed by atoms with van der Waals surface area (Å²) in [6.07, 6.45) is 0.252. The first kappa shape index (κ1) is 10.4. The van der Waals surface area contributed by atoms with Crippen LogP contribution >= 0.6 is 11.6 Å². The van der Waals surface area contributed by atoms with Crippen molar-refractivity contribution >= 4 is 11.6 Å². The molecule has 0 spiro atoms. The molecule has 0 aliphatic heterocycles. The number of halogens is 2. The van der Waals surface area contributed by atoms with Crippen LogP contribution in [0, 0.1) is 5.82 Å². The highest BCUT2D eigenvalue weighted by Gasteiger charge is 2.10. The average Bonchev–Trinajstić information content (AvgIpc) is 2.11. The van der Waals surface area contributed by atoms with Crippen LogP contribution in [0.2, 0.25) is 5.02 Å². The number of hydrogen-bond acceptors (Lipinski definition) is 2. The molecule has 1 atom stereocenters. The predicted molar refractivity (Wildman–Crippen MR) is 50.2 cm³/mol. The molecule has 1 rings (SSSR count). The van der Waals surface area contributed by atoms with E-state index in [4.69, 9.17) is 22.4 Å². The molecule has 1 aromatic carbocycles. The smallest absolute Gasteiger partial charge is 0.127 e. The molecule has 0 aliphatic rings. The normalized spacial score (nSPS) is 12.9. The largest absolute Gasteiger partial charge is 0.395 e. The van der Waals surface area contributed by atoms with Crippen LogP contribution in [0.3, 0.4) is 0 Å². The molecule has 0 aliphatic carbocycles. The third-order valence-electron chi connectivity index (χ3n) is 1.76. The second-order valence-electron chi connectivity index (χ2n) is 2.85. The van der Waals surface area contributed by atoms with E-state index in [0.717, 1.165) is 0 Å². The fraction of sp³-hybridized carbons (Fsp3) is 0.333. The predicted octanol–water partition coefficient (Wildman–Crippen LogP) is 1.34. The number of nitrogens with two attached hydrogens (primary N) is 1. The minimum atomic E-state index is -0.464. The van der Waals surface area contributed by atoms with Crippen molar-refractivity contribution < 1.29 is 9.50 Å². The van der Waals surface area contributed by atoms with Crippen LogP contribution in [0.15, 0.2) is 18.2 Å². The maximum Gasteiger partial charge on any atom is 0.127 e. The Morgan fingerprint density at radius 2 is 2.23 bits per heavy atom. The zero-order valence-corrected chi connectivity index (χ0v) is 7.76. The van der Waals surface area contributed by atoms with E-state index in [-0.39, 0.29) is 18.8 Å². The van der Waals surface area contributed by atoms with Gasteiger partial charge in [0.2, 0.25) is 0 Å². The average molecular weight is 204 g/mol. The molecule has 0 fully saturated rings. The van der Waals surface area contributed by atoms with Gasteiger partial charge in [-0.2, -0.15) is 0 Å². The summed E-state index contributed by atoms with van der Waals surface area (Å²) in [5.41, 5.74) is 5.83. The van der Waals surface area contributed by atoms with E-state index in [1.54, 1.807) is 6.07 Å². The first-order chi connectivity index (χ1) is 6.15. The summed E-state index contributed by atoms with van der Waals surface area (Å²) in [4.78, 5) is 0. The van der Waals surface area contributed by atoms with E-state index < -0.39 is 6.04 Å². The summed E-state index contributed by atoms with van der Waals surface area (Å²) >= 11 is 5.75. The first-order valence-corrected chi connectivity index (χ1v) is 4.32. The van der Waals surface area contributed by atoms with Gasteiger partial charge in [-0.1, -0.05) is 17.7 Å². The van der Waals surface area contributed by atoms with Crippen LogP contribution < -0.4 is 5.73 Å². The summed E-state index contributed by atoms with van der Waals surface area (Å²) in [6.45, 7) is -0.176. The van der Waals surface area contributed by atoms with E-state index in [9.17, 15) is 4.39 Å². The lowest BCUT2D eigenvalue weighted by molar-refractivity contribution is 0.264. The van der Waals surface area contributed by atoms with Crippen molar-refractivity contribution in [2.75, 3.05) is 6.61 Å². The molecular weight excluding hydrogens is 193 g/mol. The lowest BCUT2D eigenvalue weighted by Gasteiger charge is -2.10. The molecule has 72 valence electrons. The second-order valence-corrected chi connectivity index (χ2v) is 3.25. The molecule has 13 heavy (non-hydrogen) atoms. The van der Waals surface area contributed by atoms with Crippen LogP contribution in [-0.4, -0.2) is 17.8 Å². The molecule has 4 heteroatoms. The standard InChI is InChI=1S/C9H11ClFNO/c10-8-2-1-3-9(11)7(8)4-6(12)5-13/h1-3,6,13H,4-5,12H2/t6-/m0/s1. The Morgan fingerprint density at radius 1 is 1.54 bits per heavy atom. The van der Waals surface area contributed by atoms with E-state index >= 15 is 0 Å². The van der Waals surface area contributed by atoms with Gasteiger partial charge in [-0.25, -0.2) is 4.39 Å². The van der Waals surface area contributed by atoms with Crippen molar-refractivity contribution in [1.29, 1.82) is 0 Å². The topological polar surface area (TPSA) is 46.2 Å². The Kier molecular flexibility index (Phi) is 3.66. The zero-order chi connectivity index (χ0) is 9.84. The van der Waals surface area contributed by atoms with Gasteiger partial charge in [-0.15, -0.1) is 0 Å². The minimum absolute atomic E-state index is 0.176. The Bertz CT molecular complexity index is 273. The molecule has 0 amide bonds. The second kappa shape index (κ2) is 4.56. The quantitative estimate of drug-likeness (QED) is 0.779. The SMILES string of the molecule is N[C@H](CO)Cc1c(F)cccc1Cl. The molecule has 0 unspecified atom stereocenters. The van der Waals surface area contributed by atoms with Gasteiger partial charge in [-0.05, 0) is 18.6 Å². The fourth-order valence-corrected chi connectivity index (χ4v) is 1.29. The van der Waals surface area contributed by atoms with Crippen molar-refractivity contribution in [3.63, 3.8) is 0 Å². The molecule has 3 N–H and O–H groups in total. The van der Waals surface area contributed by atoms with Crippen molar-refractivity contribution in [1.82, 2.24) is 0 Å². The van der Waals surface area contributed by atoms with Gasteiger partial charge in [-0.3, -0.25) is 0 Å². The number of benzene rings is 1. The summed E-state index contributed by atoms with van der Waals surface area (Å²) in [7, 11) is 0. The third kappa shape index (κ3) is 2.66. The Hall–Kier alpha value is -0.640. The first-order valence-electron chi connectivity index (χ1n) is 3.94. The number of hydrogen-bond donors (Lipinski definition) is 2. The van der Waals surface area contributed by atoms with Gasteiger partial charge in [0, 0.05) is 16.6 Å². The Balaban J connectivity index is 2.87. The van der Waals surface area contributed by atoms with Crippen molar-refractivity contribution in [2.24, 2.45) is 5.73 Å². The number of aliphatic hydroxyl groups is 1. The monoisotopic (exact) mass is 203 g/mol. The van der Waals surface area contributed by atoms with Gasteiger partial charge in [0.1, 0.15) is 5.82 Å². The Labute approximate surface area is 81.1 Å². The molecule has 0 aromatic heterocycles. The summed E-state index contributed by atoms with van der Waals surface area (Å²) in [5.74, 6) is -0.378. The van der Waals surface area contributed by atoms with Gasteiger partial charge >= 0.3 is 0 Å². The maximum atomic E-state index is 13.1. The van der Waals surface area contributed by atoms with Crippen LogP contribution in [-0.2, 0) is 6.42 Å². The van der Waals surface area contributed by atoms with Gasteiger partial charge < -0.3 is 10.8 Å². The van der Waals surface area contributed by atoms with E-state index in [0.29, 0.717) is 10.6 Å². The van der Waals surface area contributed by atoms with Gasteiger partial charge in [0.25, 0.3) is 0 Å². The molecule has 0 saturated heterocycles. The van der Waals surface area contributed by atoms with E-state index in [2.05, 4.69) is 0 Å². The zero-order valence-electron chi connectivity index (χ0n) is 7.00. The maximum absolute atomic E-state index is 13.1. The number of rotatable bonds is 3. The fourth-order valence-electron chi connectivity index (χ4n) is 1.05. The van der Waals surface area contributed by atoms with Crippen molar-refractivity contribution in [3.05, 3.63) is 34.6 Å². The van der Waals surface area contributed by atoms with E-state index in [1.165, 1.54) is 12.1 Å². The third-order valence-corrected chi connectivity index (χ3v) is 2.12. The Morgan fingerprint density at radius 3 is 2.77 bits per heavy atom. The van der Waals surface area contributed by atoms with Crippen molar-refractivity contribution in [3.8, 4) is 0 Å². The molecule has 0 radical (unpaired) electrons. The highest BCUT2D eigenvalue weighted by atomic mass is 35.5. The van der Waals surface area contributed by atoms with Crippen LogP contribution in [0.25, 0.3) is 0 Å². The lowest BCUT2D eigenvalue weighted by atomic mass is 10.1. The van der Waals surface area contributed by atoms with E-state index in [1.807, 2.05) is 0 Å². The van der Waals surface area contributed by atoms with Crippen LogP contribution in [0.1, 0.15) is 5.56 Å². The molecule has 0 saturated carbocycles. The molecule has 0 bridgehead atoms. The van der Waals surface area contributed by atoms with Crippen LogP contribution in [0.5, 0.6) is 0 Å². The van der Waals surface area contributed by atoms with Gasteiger partial charge in [0.15, 0.2) is 0 Å². The molecular formula is C9H11ClFNO. The molecule has 2 nitrogen and oxygen atoms in total. The number of aliphatic hydroxyl groups excluding tert-OH is 1. The summed E-state index contributed by atoms with van der Waals surface area (Å²) < 4.78 is 13.1. The lowest BCUT2D eigenvalue weighted by Crippen LogP contribution is -2.27. The van der Waals surface area contributed by atoms with Crippen LogP contribution in [0.4, 0.5) is 4.39 Å². The summed E-state index contributed by atoms with van der Waals surface area (Å²) in [5, 5.41) is 9.04. The molecule has 0 heterocycles. The molecule has 1 aromatic rings. The van der Waals surface area contributed by atoms with Crippen molar-refractivity contribution in [2.45, 2.75) is 12.5 Å². The summed E-state index contributed by atoms with van der Waals surface area (Å²) in [6, 6.07) is 4.00.